The number of amides is 1. The molecule has 0 spiro atoms. The molecule has 2 heterocycles. The van der Waals surface area contributed by atoms with Crippen molar-refractivity contribution in [2.45, 2.75) is 26.3 Å². The molecule has 0 aromatic heterocycles. The zero-order valence-electron chi connectivity index (χ0n) is 17.0. The first kappa shape index (κ1) is 21.5. The van der Waals surface area contributed by atoms with Crippen molar-refractivity contribution in [1.82, 2.24) is 0 Å². The van der Waals surface area contributed by atoms with Crippen LogP contribution in [0.1, 0.15) is 30.9 Å². The minimum atomic E-state index is -0.741. The van der Waals surface area contributed by atoms with Crippen molar-refractivity contribution in [2.75, 3.05) is 11.5 Å². The molecular formula is C24H21NO4S2. The summed E-state index contributed by atoms with van der Waals surface area (Å²) in [6, 6.07) is 17.2. The fraction of sp³-hybridized carbons (Fsp3) is 0.250. The highest BCUT2D eigenvalue weighted by molar-refractivity contribution is 8.27. The Labute approximate surface area is 190 Å². The number of benzene rings is 2. The monoisotopic (exact) mass is 451 g/mol. The van der Waals surface area contributed by atoms with E-state index in [2.05, 4.69) is 0 Å². The molecule has 2 aromatic rings. The number of para-hydroxylation sites is 1. The molecule has 1 unspecified atom stereocenters. The van der Waals surface area contributed by atoms with E-state index in [9.17, 15) is 14.4 Å². The van der Waals surface area contributed by atoms with Gasteiger partial charge in [-0.15, -0.1) is 0 Å². The van der Waals surface area contributed by atoms with Crippen LogP contribution in [0.3, 0.4) is 0 Å². The summed E-state index contributed by atoms with van der Waals surface area (Å²) >= 11 is 6.53. The summed E-state index contributed by atoms with van der Waals surface area (Å²) in [6.45, 7) is 2.62. The van der Waals surface area contributed by atoms with Crippen LogP contribution in [0.25, 0.3) is 5.57 Å². The van der Waals surface area contributed by atoms with Gasteiger partial charge < -0.3 is 9.64 Å². The Balaban J connectivity index is 1.67. The third kappa shape index (κ3) is 4.20. The van der Waals surface area contributed by atoms with Crippen LogP contribution in [0.4, 0.5) is 5.69 Å². The molecule has 31 heavy (non-hydrogen) atoms. The molecule has 0 radical (unpaired) electrons. The Kier molecular flexibility index (Phi) is 6.34. The van der Waals surface area contributed by atoms with Crippen LogP contribution in [0, 0.1) is 5.92 Å². The number of hydrogen-bond donors (Lipinski definition) is 0. The zero-order valence-corrected chi connectivity index (χ0v) is 18.6. The van der Waals surface area contributed by atoms with Crippen molar-refractivity contribution in [3.8, 4) is 0 Å². The van der Waals surface area contributed by atoms with Gasteiger partial charge in [0.15, 0.2) is 5.78 Å². The molecule has 2 aliphatic rings. The lowest BCUT2D eigenvalue weighted by Crippen LogP contribution is -2.26. The van der Waals surface area contributed by atoms with Gasteiger partial charge in [0.25, 0.3) is 5.91 Å². The van der Waals surface area contributed by atoms with Crippen LogP contribution in [0.2, 0.25) is 0 Å². The molecule has 2 aromatic carbocycles. The van der Waals surface area contributed by atoms with E-state index < -0.39 is 11.9 Å². The average Bonchev–Trinajstić information content (AvgIpc) is 3.20. The lowest BCUT2D eigenvalue weighted by Gasteiger charge is -2.17. The minimum Gasteiger partial charge on any atom is -0.466 e. The molecule has 0 bridgehead atoms. The lowest BCUT2D eigenvalue weighted by atomic mass is 9.98. The molecule has 5 nitrogen and oxygen atoms in total. The van der Waals surface area contributed by atoms with E-state index in [1.807, 2.05) is 61.5 Å². The number of thiocarbonyl (C=S) groups is 1. The van der Waals surface area contributed by atoms with E-state index in [0.717, 1.165) is 28.6 Å². The molecule has 1 fully saturated rings. The van der Waals surface area contributed by atoms with Gasteiger partial charge in [0, 0.05) is 5.56 Å². The van der Waals surface area contributed by atoms with E-state index >= 15 is 0 Å². The topological polar surface area (TPSA) is 63.7 Å². The number of rotatable bonds is 6. The lowest BCUT2D eigenvalue weighted by molar-refractivity contribution is -0.145. The van der Waals surface area contributed by atoms with E-state index in [1.165, 1.54) is 0 Å². The molecular weight excluding hydrogens is 430 g/mol. The number of anilines is 1. The van der Waals surface area contributed by atoms with Gasteiger partial charge >= 0.3 is 5.97 Å². The number of thioether (sulfide) groups is 1. The number of carbonyl (C=O) groups excluding carboxylic acids is 3. The third-order valence-electron chi connectivity index (χ3n) is 5.20. The van der Waals surface area contributed by atoms with Crippen LogP contribution in [0.15, 0.2) is 59.5 Å². The standard InChI is InChI=1S/C24H21NO4S2/c1-2-12-29-19(26)13-17-21(27)22(31-24(17)30)20-16-10-6-7-11-18(16)25(23(20)28)14-15-8-4-3-5-9-15/h3-11,17H,2,12-14H2,1H3/b22-20+. The molecule has 2 aliphatic heterocycles. The van der Waals surface area contributed by atoms with Crippen LogP contribution < -0.4 is 4.90 Å². The number of ketones is 1. The number of nitrogens with zero attached hydrogens (tertiary/aromatic N) is 1. The quantitative estimate of drug-likeness (QED) is 0.365. The van der Waals surface area contributed by atoms with Crippen LogP contribution >= 0.6 is 24.0 Å². The molecule has 7 heteroatoms. The van der Waals surface area contributed by atoms with E-state index in [1.54, 1.807) is 4.90 Å². The Morgan fingerprint density at radius 2 is 1.81 bits per heavy atom. The van der Waals surface area contributed by atoms with Crippen molar-refractivity contribution < 1.29 is 19.1 Å². The summed E-state index contributed by atoms with van der Waals surface area (Å²) in [5.41, 5.74) is 2.85. The van der Waals surface area contributed by atoms with Crippen molar-refractivity contribution in [1.29, 1.82) is 0 Å². The van der Waals surface area contributed by atoms with E-state index in [-0.39, 0.29) is 18.1 Å². The van der Waals surface area contributed by atoms with Crippen molar-refractivity contribution in [3.05, 3.63) is 70.6 Å². The van der Waals surface area contributed by atoms with Gasteiger partial charge in [-0.1, -0.05) is 79.4 Å². The summed E-state index contributed by atoms with van der Waals surface area (Å²) in [5, 5.41) is 0. The molecule has 4 rings (SSSR count). The van der Waals surface area contributed by atoms with Gasteiger partial charge in [0.05, 0.1) is 45.9 Å². The zero-order chi connectivity index (χ0) is 22.0. The molecule has 1 atom stereocenters. The molecule has 0 aliphatic carbocycles. The van der Waals surface area contributed by atoms with Gasteiger partial charge in [-0.05, 0) is 18.1 Å². The van der Waals surface area contributed by atoms with Gasteiger partial charge in [0.2, 0.25) is 0 Å². The van der Waals surface area contributed by atoms with E-state index in [4.69, 9.17) is 17.0 Å². The Morgan fingerprint density at radius 1 is 1.10 bits per heavy atom. The molecule has 1 amide bonds. The fourth-order valence-electron chi connectivity index (χ4n) is 3.70. The van der Waals surface area contributed by atoms with E-state index in [0.29, 0.717) is 34.2 Å². The second kappa shape index (κ2) is 9.16. The van der Waals surface area contributed by atoms with Crippen molar-refractivity contribution in [3.63, 3.8) is 0 Å². The SMILES string of the molecule is CCCOC(=O)CC1C(=O)/C(=C2\C(=O)N(Cc3ccccc3)c3ccccc32)SC1=S. The number of fused-ring (bicyclic) bond motifs is 1. The van der Waals surface area contributed by atoms with Gasteiger partial charge in [-0.3, -0.25) is 14.4 Å². The Hall–Kier alpha value is -2.77. The molecule has 158 valence electrons. The van der Waals surface area contributed by atoms with Crippen LogP contribution in [-0.2, 0) is 25.7 Å². The highest BCUT2D eigenvalue weighted by Gasteiger charge is 2.43. The minimum absolute atomic E-state index is 0.0922. The normalized spacial score (nSPS) is 20.4. The Bertz CT molecular complexity index is 1090. The first-order chi connectivity index (χ1) is 15.0. The summed E-state index contributed by atoms with van der Waals surface area (Å²) in [7, 11) is 0. The first-order valence-electron chi connectivity index (χ1n) is 10.1. The van der Waals surface area contributed by atoms with Gasteiger partial charge in [-0.25, -0.2) is 0 Å². The van der Waals surface area contributed by atoms with Crippen molar-refractivity contribution >= 4 is 57.1 Å². The summed E-state index contributed by atoms with van der Waals surface area (Å²) in [5.74, 6) is -1.69. The smallest absolute Gasteiger partial charge is 0.306 e. The predicted molar refractivity (Wildman–Crippen MR) is 126 cm³/mol. The maximum absolute atomic E-state index is 13.4. The number of carbonyl (C=O) groups is 3. The van der Waals surface area contributed by atoms with Gasteiger partial charge in [-0.2, -0.15) is 0 Å². The number of allylic oxidation sites excluding steroid dienone is 1. The van der Waals surface area contributed by atoms with Crippen molar-refractivity contribution in [2.24, 2.45) is 5.92 Å². The number of Topliss-reactive ketones (excluding diaryl/α,β-unsaturated/α-hetero) is 1. The number of hydrogen-bond acceptors (Lipinski definition) is 6. The highest BCUT2D eigenvalue weighted by atomic mass is 32.2. The van der Waals surface area contributed by atoms with Crippen LogP contribution in [-0.4, -0.2) is 28.5 Å². The fourth-order valence-corrected chi connectivity index (χ4v) is 5.22. The molecule has 0 saturated carbocycles. The maximum atomic E-state index is 13.4. The molecule has 1 saturated heterocycles. The summed E-state index contributed by atoms with van der Waals surface area (Å²) in [6.07, 6.45) is 0.617. The van der Waals surface area contributed by atoms with Gasteiger partial charge in [0.1, 0.15) is 0 Å². The largest absolute Gasteiger partial charge is 0.466 e. The third-order valence-corrected chi connectivity index (χ3v) is 6.83. The highest BCUT2D eigenvalue weighted by Crippen LogP contribution is 2.47. The maximum Gasteiger partial charge on any atom is 0.306 e. The summed E-state index contributed by atoms with van der Waals surface area (Å²) in [4.78, 5) is 40.7. The second-order valence-electron chi connectivity index (χ2n) is 7.36. The average molecular weight is 452 g/mol. The Morgan fingerprint density at radius 3 is 2.55 bits per heavy atom. The predicted octanol–water partition coefficient (Wildman–Crippen LogP) is 4.55. The second-order valence-corrected chi connectivity index (χ2v) is 9.11. The molecule has 0 N–H and O–H groups in total. The number of esters is 1. The first-order valence-corrected chi connectivity index (χ1v) is 11.3. The summed E-state index contributed by atoms with van der Waals surface area (Å²) < 4.78 is 5.53. The van der Waals surface area contributed by atoms with Crippen LogP contribution in [0.5, 0.6) is 0 Å². The number of ether oxygens (including phenoxy) is 1.